The van der Waals surface area contributed by atoms with E-state index >= 15 is 0 Å². The van der Waals surface area contributed by atoms with Crippen LogP contribution >= 0.6 is 11.8 Å². The van der Waals surface area contributed by atoms with Crippen LogP contribution in [0.4, 0.5) is 5.69 Å². The molecule has 1 aliphatic heterocycles. The van der Waals surface area contributed by atoms with Gasteiger partial charge in [-0.25, -0.2) is 4.98 Å². The minimum absolute atomic E-state index is 0.0389. The van der Waals surface area contributed by atoms with Crippen molar-refractivity contribution in [2.24, 2.45) is 10.4 Å². The summed E-state index contributed by atoms with van der Waals surface area (Å²) >= 11 is 1.55. The SMILES string of the molecule is COc1ncnc2c1NC1=C(S2)C(=NCCC(=O)O)CC(C)(C)C1. The molecule has 0 unspecified atom stereocenters. The number of aliphatic carboxylic acids is 1. The molecule has 24 heavy (non-hydrogen) atoms. The zero-order chi connectivity index (χ0) is 17.3. The van der Waals surface area contributed by atoms with Crippen LogP contribution in [-0.4, -0.2) is 40.4 Å². The van der Waals surface area contributed by atoms with Crippen LogP contribution in [0.15, 0.2) is 26.9 Å². The lowest BCUT2D eigenvalue weighted by Crippen LogP contribution is -2.29. The van der Waals surface area contributed by atoms with Crippen LogP contribution < -0.4 is 10.1 Å². The lowest BCUT2D eigenvalue weighted by Gasteiger charge is -2.36. The summed E-state index contributed by atoms with van der Waals surface area (Å²) in [7, 11) is 1.59. The van der Waals surface area contributed by atoms with E-state index in [9.17, 15) is 4.79 Å². The van der Waals surface area contributed by atoms with E-state index < -0.39 is 5.97 Å². The molecule has 0 saturated carbocycles. The highest BCUT2D eigenvalue weighted by molar-refractivity contribution is 8.04. The maximum atomic E-state index is 10.8. The summed E-state index contributed by atoms with van der Waals surface area (Å²) in [4.78, 5) is 24.8. The Morgan fingerprint density at radius 1 is 1.46 bits per heavy atom. The first-order valence-corrected chi connectivity index (χ1v) is 8.54. The van der Waals surface area contributed by atoms with E-state index in [0.717, 1.165) is 39.9 Å². The molecule has 2 N–H and O–H groups in total. The molecule has 7 nitrogen and oxygen atoms in total. The number of carboxylic acids is 1. The van der Waals surface area contributed by atoms with E-state index in [1.807, 2.05) is 0 Å². The number of aliphatic imine (C=N–C) groups is 1. The molecular weight excluding hydrogens is 328 g/mol. The zero-order valence-corrected chi connectivity index (χ0v) is 14.7. The van der Waals surface area contributed by atoms with Crippen molar-refractivity contribution in [1.82, 2.24) is 9.97 Å². The molecule has 0 atom stereocenters. The molecule has 0 bridgehead atoms. The highest BCUT2D eigenvalue weighted by Gasteiger charge is 2.36. The fourth-order valence-corrected chi connectivity index (χ4v) is 3.94. The topological polar surface area (TPSA) is 96.7 Å². The predicted molar refractivity (Wildman–Crippen MR) is 92.7 cm³/mol. The number of thioether (sulfide) groups is 1. The monoisotopic (exact) mass is 348 g/mol. The lowest BCUT2D eigenvalue weighted by atomic mass is 9.78. The first-order chi connectivity index (χ1) is 11.4. The largest absolute Gasteiger partial charge is 0.481 e. The second kappa shape index (κ2) is 6.43. The van der Waals surface area contributed by atoms with Gasteiger partial charge >= 0.3 is 5.97 Å². The maximum absolute atomic E-state index is 10.8. The van der Waals surface area contributed by atoms with Crippen LogP contribution in [0.2, 0.25) is 0 Å². The van der Waals surface area contributed by atoms with Crippen molar-refractivity contribution in [3.63, 3.8) is 0 Å². The van der Waals surface area contributed by atoms with Crippen LogP contribution in [0.3, 0.4) is 0 Å². The van der Waals surface area contributed by atoms with Gasteiger partial charge in [0, 0.05) is 12.2 Å². The standard InChI is InChI=1S/C16H20N4O3S/c1-16(2)6-9(17-5-4-11(21)22)13-10(7-16)20-12-14(23-3)18-8-19-15(12)24-13/h8,20H,4-7H2,1-3H3,(H,21,22). The fourth-order valence-electron chi connectivity index (χ4n) is 2.91. The summed E-state index contributed by atoms with van der Waals surface area (Å²) in [5, 5.41) is 13.0. The van der Waals surface area contributed by atoms with Crippen molar-refractivity contribution in [2.75, 3.05) is 19.0 Å². The second-order valence-electron chi connectivity index (χ2n) is 6.59. The Bertz CT molecular complexity index is 743. The van der Waals surface area contributed by atoms with E-state index in [1.165, 1.54) is 6.33 Å². The van der Waals surface area contributed by atoms with Crippen molar-refractivity contribution in [3.8, 4) is 5.88 Å². The Kier molecular flexibility index (Phi) is 4.49. The summed E-state index contributed by atoms with van der Waals surface area (Å²) in [5.41, 5.74) is 2.86. The first kappa shape index (κ1) is 16.8. The molecule has 0 saturated heterocycles. The number of hydrogen-bond donors (Lipinski definition) is 2. The Morgan fingerprint density at radius 3 is 2.96 bits per heavy atom. The average molecular weight is 348 g/mol. The number of carbonyl (C=O) groups is 1. The normalized spacial score (nSPS) is 20.2. The van der Waals surface area contributed by atoms with Crippen LogP contribution in [0.1, 0.15) is 33.1 Å². The van der Waals surface area contributed by atoms with Crippen molar-refractivity contribution in [1.29, 1.82) is 0 Å². The Morgan fingerprint density at radius 2 is 2.25 bits per heavy atom. The predicted octanol–water partition coefficient (Wildman–Crippen LogP) is 2.95. The number of hydrogen-bond acceptors (Lipinski definition) is 7. The summed E-state index contributed by atoms with van der Waals surface area (Å²) in [6.07, 6.45) is 3.21. The quantitative estimate of drug-likeness (QED) is 0.807. The molecule has 0 spiro atoms. The van der Waals surface area contributed by atoms with E-state index in [4.69, 9.17) is 9.84 Å². The molecule has 3 rings (SSSR count). The molecule has 0 aromatic carbocycles. The van der Waals surface area contributed by atoms with Gasteiger partial charge in [0.15, 0.2) is 0 Å². The third kappa shape index (κ3) is 3.38. The first-order valence-electron chi connectivity index (χ1n) is 7.72. The number of rotatable bonds is 4. The van der Waals surface area contributed by atoms with Crippen LogP contribution in [0, 0.1) is 5.41 Å². The van der Waals surface area contributed by atoms with Gasteiger partial charge in [0.2, 0.25) is 5.88 Å². The number of aromatic nitrogens is 2. The number of nitrogens with zero attached hydrogens (tertiary/aromatic N) is 3. The molecule has 0 fully saturated rings. The van der Waals surface area contributed by atoms with E-state index in [2.05, 4.69) is 34.1 Å². The van der Waals surface area contributed by atoms with Gasteiger partial charge in [-0.2, -0.15) is 4.98 Å². The van der Waals surface area contributed by atoms with Gasteiger partial charge in [0.1, 0.15) is 17.0 Å². The van der Waals surface area contributed by atoms with E-state index in [1.54, 1.807) is 18.9 Å². The molecule has 1 aliphatic carbocycles. The third-order valence-corrected chi connectivity index (χ3v) is 5.10. The second-order valence-corrected chi connectivity index (χ2v) is 7.59. The number of carboxylic acid groups (broad SMARTS) is 1. The van der Waals surface area contributed by atoms with Gasteiger partial charge in [0.05, 0.1) is 24.1 Å². The Hall–Kier alpha value is -2.09. The number of allylic oxidation sites excluding steroid dienone is 2. The van der Waals surface area contributed by atoms with Crippen molar-refractivity contribution in [2.45, 2.75) is 38.1 Å². The van der Waals surface area contributed by atoms with Gasteiger partial charge in [0.25, 0.3) is 0 Å². The number of fused-ring (bicyclic) bond motifs is 1. The third-order valence-electron chi connectivity index (χ3n) is 3.91. The maximum Gasteiger partial charge on any atom is 0.305 e. The highest BCUT2D eigenvalue weighted by Crippen LogP contribution is 2.49. The van der Waals surface area contributed by atoms with Gasteiger partial charge in [-0.15, -0.1) is 0 Å². The Labute approximate surface area is 144 Å². The Balaban J connectivity index is 1.95. The number of anilines is 1. The smallest absolute Gasteiger partial charge is 0.305 e. The summed E-state index contributed by atoms with van der Waals surface area (Å²) in [6.45, 7) is 4.66. The molecule has 2 aliphatic rings. The average Bonchev–Trinajstić information content (AvgIpc) is 2.51. The van der Waals surface area contributed by atoms with Crippen molar-refractivity contribution >= 4 is 29.1 Å². The summed E-state index contributed by atoms with van der Waals surface area (Å²) in [6, 6.07) is 0. The fraction of sp³-hybridized carbons (Fsp3) is 0.500. The van der Waals surface area contributed by atoms with Crippen LogP contribution in [0.25, 0.3) is 0 Å². The van der Waals surface area contributed by atoms with Gasteiger partial charge in [-0.05, 0) is 18.3 Å². The minimum Gasteiger partial charge on any atom is -0.481 e. The highest BCUT2D eigenvalue weighted by atomic mass is 32.2. The van der Waals surface area contributed by atoms with Crippen LogP contribution in [0.5, 0.6) is 5.88 Å². The van der Waals surface area contributed by atoms with Crippen molar-refractivity contribution < 1.29 is 14.6 Å². The molecule has 2 heterocycles. The molecule has 1 aromatic rings. The lowest BCUT2D eigenvalue weighted by molar-refractivity contribution is -0.136. The minimum atomic E-state index is -0.833. The molecule has 8 heteroatoms. The molecule has 128 valence electrons. The van der Waals surface area contributed by atoms with Crippen LogP contribution in [-0.2, 0) is 4.79 Å². The summed E-state index contributed by atoms with van der Waals surface area (Å²) < 4.78 is 5.32. The number of nitrogens with one attached hydrogen (secondary N) is 1. The summed E-state index contributed by atoms with van der Waals surface area (Å²) in [5.74, 6) is -0.312. The number of methoxy groups -OCH3 is 1. The zero-order valence-electron chi connectivity index (χ0n) is 13.9. The number of ether oxygens (including phenoxy) is 1. The van der Waals surface area contributed by atoms with E-state index in [0.29, 0.717) is 5.88 Å². The molecular formula is C16H20N4O3S. The van der Waals surface area contributed by atoms with Gasteiger partial charge in [-0.3, -0.25) is 9.79 Å². The van der Waals surface area contributed by atoms with E-state index in [-0.39, 0.29) is 18.4 Å². The van der Waals surface area contributed by atoms with Gasteiger partial charge < -0.3 is 15.2 Å². The van der Waals surface area contributed by atoms with Crippen molar-refractivity contribution in [3.05, 3.63) is 16.9 Å². The molecule has 1 aromatic heterocycles. The molecule has 0 radical (unpaired) electrons. The van der Waals surface area contributed by atoms with Gasteiger partial charge in [-0.1, -0.05) is 25.6 Å². The molecule has 0 amide bonds.